The topological polar surface area (TPSA) is 99.5 Å². The highest BCUT2D eigenvalue weighted by molar-refractivity contribution is 6.03. The highest BCUT2D eigenvalue weighted by atomic mass is 16.3. The van der Waals surface area contributed by atoms with Crippen molar-refractivity contribution in [3.63, 3.8) is 0 Å². The van der Waals surface area contributed by atoms with E-state index < -0.39 is 11.2 Å². The zero-order chi connectivity index (χ0) is 21.3. The summed E-state index contributed by atoms with van der Waals surface area (Å²) in [4.78, 5) is 27.1. The normalized spacial score (nSPS) is 15.8. The number of aromatic amines is 1. The maximum Gasteiger partial charge on any atom is 0.331 e. The van der Waals surface area contributed by atoms with Crippen LogP contribution in [-0.2, 0) is 6.54 Å². The molecule has 154 valence electrons. The van der Waals surface area contributed by atoms with Crippen molar-refractivity contribution in [2.75, 3.05) is 0 Å². The molecule has 1 aromatic heterocycles. The molecule has 0 amide bonds. The summed E-state index contributed by atoms with van der Waals surface area (Å²) in [6.45, 7) is 4.43. The number of nitrogens with zero attached hydrogens (tertiary/aromatic N) is 2. The van der Waals surface area contributed by atoms with Crippen molar-refractivity contribution < 1.29 is 5.11 Å². The summed E-state index contributed by atoms with van der Waals surface area (Å²) in [5, 5.41) is 15.1. The third-order valence-electron chi connectivity index (χ3n) is 5.40. The number of H-pyrrole nitrogens is 1. The summed E-state index contributed by atoms with van der Waals surface area (Å²) in [7, 11) is 0. The summed E-state index contributed by atoms with van der Waals surface area (Å²) in [6, 6.07) is 17.4. The van der Waals surface area contributed by atoms with E-state index in [-0.39, 0.29) is 24.0 Å². The van der Waals surface area contributed by atoms with Crippen molar-refractivity contribution in [1.29, 1.82) is 0 Å². The van der Waals surface area contributed by atoms with E-state index in [1.54, 1.807) is 0 Å². The predicted molar refractivity (Wildman–Crippen MR) is 116 cm³/mol. The first-order chi connectivity index (χ1) is 14.4. The van der Waals surface area contributed by atoms with Gasteiger partial charge in [0.15, 0.2) is 0 Å². The minimum Gasteiger partial charge on any atom is -0.494 e. The van der Waals surface area contributed by atoms with Crippen molar-refractivity contribution in [3.8, 4) is 5.88 Å². The fourth-order valence-electron chi connectivity index (χ4n) is 3.64. The van der Waals surface area contributed by atoms with Crippen LogP contribution in [0.3, 0.4) is 0 Å². The Morgan fingerprint density at radius 1 is 1.10 bits per heavy atom. The number of aromatic nitrogens is 2. The van der Waals surface area contributed by atoms with Crippen LogP contribution in [0.1, 0.15) is 54.5 Å². The van der Waals surface area contributed by atoms with Gasteiger partial charge in [-0.05, 0) is 22.6 Å². The van der Waals surface area contributed by atoms with Gasteiger partial charge in [-0.25, -0.2) is 4.79 Å². The number of aromatic hydroxyl groups is 1. The fraction of sp³-hybridized carbons (Fsp3) is 0.261. The SMILES string of the molecule is CC(C)c1ccc([C@H]2CC(c3c(O)n(Cc4ccccc4)c(=O)[nH]c3=O)=NN2)cc1. The number of nitrogens with one attached hydrogen (secondary N) is 2. The van der Waals surface area contributed by atoms with Gasteiger partial charge in [0.2, 0.25) is 5.88 Å². The smallest absolute Gasteiger partial charge is 0.331 e. The van der Waals surface area contributed by atoms with Crippen LogP contribution in [0.25, 0.3) is 0 Å². The summed E-state index contributed by atoms with van der Waals surface area (Å²) in [5.41, 5.74) is 5.33. The van der Waals surface area contributed by atoms with E-state index in [4.69, 9.17) is 0 Å². The van der Waals surface area contributed by atoms with Crippen LogP contribution in [0.2, 0.25) is 0 Å². The van der Waals surface area contributed by atoms with E-state index in [1.807, 2.05) is 42.5 Å². The van der Waals surface area contributed by atoms with Crippen LogP contribution >= 0.6 is 0 Å². The number of hydrazone groups is 1. The number of rotatable bonds is 5. The van der Waals surface area contributed by atoms with Gasteiger partial charge in [-0.15, -0.1) is 0 Å². The van der Waals surface area contributed by atoms with Crippen molar-refractivity contribution in [2.24, 2.45) is 5.10 Å². The Labute approximate surface area is 173 Å². The van der Waals surface area contributed by atoms with E-state index >= 15 is 0 Å². The molecule has 1 atom stereocenters. The van der Waals surface area contributed by atoms with E-state index in [9.17, 15) is 14.7 Å². The van der Waals surface area contributed by atoms with Crippen molar-refractivity contribution in [3.05, 3.63) is 97.7 Å². The minimum atomic E-state index is -0.655. The Hall–Kier alpha value is -3.61. The molecular weight excluding hydrogens is 380 g/mol. The highest BCUT2D eigenvalue weighted by Crippen LogP contribution is 2.27. The lowest BCUT2D eigenvalue weighted by atomic mass is 9.96. The Kier molecular flexibility index (Phi) is 5.27. The quantitative estimate of drug-likeness (QED) is 0.609. The van der Waals surface area contributed by atoms with Gasteiger partial charge in [0.25, 0.3) is 5.56 Å². The molecule has 4 rings (SSSR count). The van der Waals surface area contributed by atoms with Gasteiger partial charge in [0.05, 0.1) is 18.3 Å². The first-order valence-electron chi connectivity index (χ1n) is 9.96. The van der Waals surface area contributed by atoms with Crippen LogP contribution in [0, 0.1) is 0 Å². The van der Waals surface area contributed by atoms with E-state index in [1.165, 1.54) is 5.56 Å². The second-order valence-electron chi connectivity index (χ2n) is 7.80. The summed E-state index contributed by atoms with van der Waals surface area (Å²) in [5.74, 6) is 0.0764. The first kappa shape index (κ1) is 19.7. The molecule has 0 radical (unpaired) electrons. The van der Waals surface area contributed by atoms with Crippen LogP contribution < -0.4 is 16.7 Å². The molecule has 7 heteroatoms. The third-order valence-corrected chi connectivity index (χ3v) is 5.40. The standard InChI is InChI=1S/C23H24N4O3/c1-14(2)16-8-10-17(11-9-16)18-12-19(26-25-18)20-21(28)24-23(30)27(22(20)29)13-15-6-4-3-5-7-15/h3-11,14,18,25,29H,12-13H2,1-2H3,(H,24,28,30)/t18-/m1/s1. The average Bonchev–Trinajstić information content (AvgIpc) is 3.21. The van der Waals surface area contributed by atoms with Crippen LogP contribution in [0.5, 0.6) is 5.88 Å². The molecule has 30 heavy (non-hydrogen) atoms. The van der Waals surface area contributed by atoms with Crippen LogP contribution in [0.15, 0.2) is 69.3 Å². The summed E-state index contributed by atoms with van der Waals surface area (Å²) in [6.07, 6.45) is 0.432. The van der Waals surface area contributed by atoms with Crippen LogP contribution in [-0.4, -0.2) is 20.4 Å². The maximum atomic E-state index is 12.5. The van der Waals surface area contributed by atoms with E-state index in [0.717, 1.165) is 15.7 Å². The molecule has 3 N–H and O–H groups in total. The number of hydrogen-bond donors (Lipinski definition) is 3. The molecule has 1 aliphatic heterocycles. The van der Waals surface area contributed by atoms with Gasteiger partial charge in [0.1, 0.15) is 5.56 Å². The lowest BCUT2D eigenvalue weighted by Gasteiger charge is -2.13. The molecule has 1 aliphatic rings. The van der Waals surface area contributed by atoms with Gasteiger partial charge >= 0.3 is 5.69 Å². The summed E-state index contributed by atoms with van der Waals surface area (Å²) < 4.78 is 1.15. The molecule has 0 saturated heterocycles. The molecule has 2 aromatic carbocycles. The fourth-order valence-corrected chi connectivity index (χ4v) is 3.64. The maximum absolute atomic E-state index is 12.5. The first-order valence-corrected chi connectivity index (χ1v) is 9.96. The zero-order valence-electron chi connectivity index (χ0n) is 16.9. The molecule has 2 heterocycles. The molecule has 0 spiro atoms. The second kappa shape index (κ2) is 8.02. The molecular formula is C23H24N4O3. The number of hydrogen-bond acceptors (Lipinski definition) is 5. The third kappa shape index (κ3) is 3.78. The Morgan fingerprint density at radius 2 is 1.80 bits per heavy atom. The van der Waals surface area contributed by atoms with Crippen molar-refractivity contribution in [1.82, 2.24) is 15.0 Å². The van der Waals surface area contributed by atoms with Crippen molar-refractivity contribution in [2.45, 2.75) is 38.8 Å². The zero-order valence-corrected chi connectivity index (χ0v) is 16.9. The van der Waals surface area contributed by atoms with E-state index in [0.29, 0.717) is 18.1 Å². The van der Waals surface area contributed by atoms with Gasteiger partial charge in [0, 0.05) is 6.42 Å². The monoisotopic (exact) mass is 404 g/mol. The molecule has 0 bridgehead atoms. The van der Waals surface area contributed by atoms with Gasteiger partial charge in [-0.1, -0.05) is 68.4 Å². The molecule has 7 nitrogen and oxygen atoms in total. The molecule has 0 aliphatic carbocycles. The molecule has 0 unspecified atom stereocenters. The lowest BCUT2D eigenvalue weighted by Crippen LogP contribution is -2.34. The molecule has 3 aromatic rings. The molecule has 0 saturated carbocycles. The van der Waals surface area contributed by atoms with Gasteiger partial charge < -0.3 is 10.5 Å². The lowest BCUT2D eigenvalue weighted by molar-refractivity contribution is 0.408. The predicted octanol–water partition coefficient (Wildman–Crippen LogP) is 2.85. The highest BCUT2D eigenvalue weighted by Gasteiger charge is 2.27. The minimum absolute atomic E-state index is 0.0272. The van der Waals surface area contributed by atoms with Crippen molar-refractivity contribution >= 4 is 5.71 Å². The largest absolute Gasteiger partial charge is 0.494 e. The molecule has 0 fully saturated rings. The van der Waals surface area contributed by atoms with Gasteiger partial charge in [-0.3, -0.25) is 14.3 Å². The summed E-state index contributed by atoms with van der Waals surface area (Å²) >= 11 is 0. The van der Waals surface area contributed by atoms with Gasteiger partial charge in [-0.2, -0.15) is 5.10 Å². The Balaban J connectivity index is 1.62. The van der Waals surface area contributed by atoms with E-state index in [2.05, 4.69) is 41.5 Å². The Bertz CT molecular complexity index is 1190. The Morgan fingerprint density at radius 3 is 2.47 bits per heavy atom. The second-order valence-corrected chi connectivity index (χ2v) is 7.80. The number of benzene rings is 2. The van der Waals surface area contributed by atoms with Crippen LogP contribution in [0.4, 0.5) is 0 Å². The average molecular weight is 404 g/mol.